The molecule has 1 spiro atoms. The summed E-state index contributed by atoms with van der Waals surface area (Å²) < 4.78 is 13.2. The first kappa shape index (κ1) is 18.8. The molecule has 3 heterocycles. The predicted molar refractivity (Wildman–Crippen MR) is 96.8 cm³/mol. The van der Waals surface area contributed by atoms with Gasteiger partial charge in [0.05, 0.1) is 44.6 Å². The van der Waals surface area contributed by atoms with Crippen LogP contribution in [0.15, 0.2) is 0 Å². The normalized spacial score (nSPS) is 25.7. The minimum absolute atomic E-state index is 0.0251. The molecular formula is C18H30N6O3. The van der Waals surface area contributed by atoms with Crippen molar-refractivity contribution < 1.29 is 14.3 Å². The zero-order valence-electron chi connectivity index (χ0n) is 15.9. The van der Waals surface area contributed by atoms with Crippen LogP contribution in [0.5, 0.6) is 0 Å². The summed E-state index contributed by atoms with van der Waals surface area (Å²) >= 11 is 0. The number of nitrogens with one attached hydrogen (secondary N) is 1. The van der Waals surface area contributed by atoms with Gasteiger partial charge in [-0.25, -0.2) is 4.68 Å². The van der Waals surface area contributed by atoms with E-state index >= 15 is 0 Å². The first-order valence-electron chi connectivity index (χ1n) is 10.2. The molecule has 150 valence electrons. The van der Waals surface area contributed by atoms with E-state index in [9.17, 15) is 4.79 Å². The van der Waals surface area contributed by atoms with Crippen LogP contribution in [0.1, 0.15) is 50.8 Å². The molecule has 3 fully saturated rings. The maximum absolute atomic E-state index is 12.4. The smallest absolute Gasteiger partial charge is 0.222 e. The molecule has 0 unspecified atom stereocenters. The van der Waals surface area contributed by atoms with Crippen molar-refractivity contribution >= 4 is 5.91 Å². The van der Waals surface area contributed by atoms with E-state index in [1.54, 1.807) is 4.68 Å². The quantitative estimate of drug-likeness (QED) is 0.770. The summed E-state index contributed by atoms with van der Waals surface area (Å²) in [5.41, 5.74) is 0.0251. The van der Waals surface area contributed by atoms with Crippen molar-refractivity contribution in [2.45, 2.75) is 69.7 Å². The summed E-state index contributed by atoms with van der Waals surface area (Å²) in [4.78, 5) is 14.7. The molecule has 3 aliphatic rings. The molecule has 2 saturated heterocycles. The molecule has 2 aliphatic heterocycles. The van der Waals surface area contributed by atoms with Crippen LogP contribution in [0.3, 0.4) is 0 Å². The van der Waals surface area contributed by atoms with Crippen molar-refractivity contribution in [2.75, 3.05) is 32.9 Å². The Morgan fingerprint density at radius 1 is 1.22 bits per heavy atom. The molecule has 1 aromatic heterocycles. The van der Waals surface area contributed by atoms with Gasteiger partial charge < -0.3 is 14.8 Å². The highest BCUT2D eigenvalue weighted by atomic mass is 16.5. The summed E-state index contributed by atoms with van der Waals surface area (Å²) in [6.07, 6.45) is 7.39. The molecule has 27 heavy (non-hydrogen) atoms. The highest BCUT2D eigenvalue weighted by Crippen LogP contribution is 2.39. The number of ether oxygens (including phenoxy) is 2. The maximum Gasteiger partial charge on any atom is 0.222 e. The average Bonchev–Trinajstić information content (AvgIpc) is 3.29. The number of tetrazole rings is 1. The van der Waals surface area contributed by atoms with E-state index in [1.807, 2.05) is 0 Å². The number of rotatable bonds is 6. The van der Waals surface area contributed by atoms with Gasteiger partial charge in [-0.05, 0) is 29.7 Å². The molecular weight excluding hydrogens is 348 g/mol. The molecule has 1 aromatic rings. The number of morpholine rings is 1. The Kier molecular flexibility index (Phi) is 5.99. The fraction of sp³-hybridized carbons (Fsp3) is 0.889. The number of amides is 1. The van der Waals surface area contributed by atoms with Gasteiger partial charge in [0.1, 0.15) is 0 Å². The molecule has 9 heteroatoms. The first-order valence-corrected chi connectivity index (χ1v) is 10.2. The van der Waals surface area contributed by atoms with E-state index in [1.165, 1.54) is 19.3 Å². The molecule has 1 atom stereocenters. The summed E-state index contributed by atoms with van der Waals surface area (Å²) in [6.45, 7) is 5.09. The monoisotopic (exact) mass is 378 g/mol. The van der Waals surface area contributed by atoms with Crippen LogP contribution in [0.2, 0.25) is 0 Å². The highest BCUT2D eigenvalue weighted by Gasteiger charge is 2.41. The maximum atomic E-state index is 12.4. The third kappa shape index (κ3) is 4.83. The Bertz CT molecular complexity index is 624. The van der Waals surface area contributed by atoms with Gasteiger partial charge in [0.25, 0.3) is 0 Å². The van der Waals surface area contributed by atoms with E-state index in [4.69, 9.17) is 9.47 Å². The number of aryl methyl sites for hydroxylation is 1. The zero-order chi connectivity index (χ0) is 18.5. The molecule has 1 amide bonds. The van der Waals surface area contributed by atoms with Gasteiger partial charge >= 0.3 is 0 Å². The van der Waals surface area contributed by atoms with E-state index in [0.717, 1.165) is 51.4 Å². The number of nitrogens with zero attached hydrogens (tertiary/aromatic N) is 5. The Balaban J connectivity index is 1.22. The van der Waals surface area contributed by atoms with Crippen LogP contribution in [0.25, 0.3) is 0 Å². The lowest BCUT2D eigenvalue weighted by atomic mass is 9.82. The standard InChI is InChI=1S/C18H30N6O3/c25-17(19-15-12-18(27-14-15)5-2-1-3-6-18)4-7-24-16(20-21-22-24)13-23-8-10-26-11-9-23/h15H,1-14H2,(H,19,25)/t15-/m0/s1. The summed E-state index contributed by atoms with van der Waals surface area (Å²) in [7, 11) is 0. The largest absolute Gasteiger partial charge is 0.379 e. The van der Waals surface area contributed by atoms with Crippen LogP contribution in [-0.2, 0) is 27.4 Å². The molecule has 9 nitrogen and oxygen atoms in total. The summed E-state index contributed by atoms with van der Waals surface area (Å²) in [5.74, 6) is 0.847. The minimum Gasteiger partial charge on any atom is -0.379 e. The zero-order valence-corrected chi connectivity index (χ0v) is 15.9. The van der Waals surface area contributed by atoms with Gasteiger partial charge in [0.15, 0.2) is 5.82 Å². The van der Waals surface area contributed by atoms with Gasteiger partial charge in [-0.2, -0.15) is 0 Å². The minimum atomic E-state index is 0.0251. The van der Waals surface area contributed by atoms with Gasteiger partial charge in [0, 0.05) is 19.5 Å². The third-order valence-corrected chi connectivity index (χ3v) is 5.96. The fourth-order valence-corrected chi connectivity index (χ4v) is 4.46. The average molecular weight is 378 g/mol. The fourth-order valence-electron chi connectivity index (χ4n) is 4.46. The molecule has 0 bridgehead atoms. The van der Waals surface area contributed by atoms with Crippen molar-refractivity contribution in [3.63, 3.8) is 0 Å². The lowest BCUT2D eigenvalue weighted by molar-refractivity contribution is -0.122. The Labute approximate surface area is 159 Å². The predicted octanol–water partition coefficient (Wildman–Crippen LogP) is 0.503. The van der Waals surface area contributed by atoms with Crippen LogP contribution >= 0.6 is 0 Å². The van der Waals surface area contributed by atoms with Crippen molar-refractivity contribution in [1.29, 1.82) is 0 Å². The van der Waals surface area contributed by atoms with E-state index in [2.05, 4.69) is 25.7 Å². The Hall–Kier alpha value is -1.58. The summed E-state index contributed by atoms with van der Waals surface area (Å²) in [6, 6.07) is 0.136. The molecule has 1 saturated carbocycles. The third-order valence-electron chi connectivity index (χ3n) is 5.96. The molecule has 1 N–H and O–H groups in total. The van der Waals surface area contributed by atoms with Crippen LogP contribution in [0.4, 0.5) is 0 Å². The van der Waals surface area contributed by atoms with E-state index < -0.39 is 0 Å². The van der Waals surface area contributed by atoms with Gasteiger partial charge in [-0.15, -0.1) is 5.10 Å². The lowest BCUT2D eigenvalue weighted by Crippen LogP contribution is -2.38. The van der Waals surface area contributed by atoms with Crippen molar-refractivity contribution in [3.8, 4) is 0 Å². The molecule has 0 aromatic carbocycles. The van der Waals surface area contributed by atoms with Gasteiger partial charge in [-0.3, -0.25) is 9.69 Å². The second kappa shape index (κ2) is 8.62. The van der Waals surface area contributed by atoms with Crippen molar-refractivity contribution in [3.05, 3.63) is 5.82 Å². The van der Waals surface area contributed by atoms with Crippen LogP contribution in [0, 0.1) is 0 Å². The number of hydrogen-bond acceptors (Lipinski definition) is 7. The molecule has 1 aliphatic carbocycles. The number of carbonyl (C=O) groups excluding carboxylic acids is 1. The second-order valence-electron chi connectivity index (χ2n) is 7.98. The van der Waals surface area contributed by atoms with Gasteiger partial charge in [-0.1, -0.05) is 19.3 Å². The van der Waals surface area contributed by atoms with Crippen LogP contribution in [-0.4, -0.2) is 75.6 Å². The SMILES string of the molecule is O=C(CCn1nnnc1CN1CCOCC1)N[C@@H]1COC2(CCCCC2)C1. The van der Waals surface area contributed by atoms with Crippen molar-refractivity contribution in [1.82, 2.24) is 30.4 Å². The molecule has 0 radical (unpaired) electrons. The Morgan fingerprint density at radius 2 is 2.04 bits per heavy atom. The highest BCUT2D eigenvalue weighted by molar-refractivity contribution is 5.76. The van der Waals surface area contributed by atoms with Crippen LogP contribution < -0.4 is 5.32 Å². The number of hydrogen-bond donors (Lipinski definition) is 1. The first-order chi connectivity index (χ1) is 13.2. The Morgan fingerprint density at radius 3 is 2.85 bits per heavy atom. The number of carbonyl (C=O) groups is 1. The molecule has 4 rings (SSSR count). The van der Waals surface area contributed by atoms with E-state index in [-0.39, 0.29) is 17.6 Å². The van der Waals surface area contributed by atoms with Crippen molar-refractivity contribution in [2.24, 2.45) is 0 Å². The number of aromatic nitrogens is 4. The van der Waals surface area contributed by atoms with Gasteiger partial charge in [0.2, 0.25) is 5.91 Å². The topological polar surface area (TPSA) is 94.4 Å². The second-order valence-corrected chi connectivity index (χ2v) is 7.98. The summed E-state index contributed by atoms with van der Waals surface area (Å²) in [5, 5.41) is 15.1. The van der Waals surface area contributed by atoms with E-state index in [0.29, 0.717) is 26.1 Å². The lowest BCUT2D eigenvalue weighted by Gasteiger charge is -2.32.